The van der Waals surface area contributed by atoms with Crippen molar-refractivity contribution in [3.05, 3.63) is 30.5 Å². The van der Waals surface area contributed by atoms with Gasteiger partial charge >= 0.3 is 0 Å². The highest BCUT2D eigenvalue weighted by Gasteiger charge is 1.98. The molecular formula is C10H12N2O. The summed E-state index contributed by atoms with van der Waals surface area (Å²) in [4.78, 5) is 3.11. The van der Waals surface area contributed by atoms with Crippen LogP contribution in [-0.2, 0) is 0 Å². The van der Waals surface area contributed by atoms with Crippen molar-refractivity contribution in [2.75, 3.05) is 5.32 Å². The molecule has 68 valence electrons. The molecule has 0 aliphatic heterocycles. The van der Waals surface area contributed by atoms with Gasteiger partial charge in [0.05, 0.1) is 0 Å². The van der Waals surface area contributed by atoms with E-state index in [-0.39, 0.29) is 0 Å². The first-order valence-electron chi connectivity index (χ1n) is 4.27. The van der Waals surface area contributed by atoms with Crippen LogP contribution in [0.4, 0.5) is 5.69 Å². The average Bonchev–Trinajstić information content (AvgIpc) is 2.49. The van der Waals surface area contributed by atoms with Crippen LogP contribution in [0.15, 0.2) is 30.5 Å². The van der Waals surface area contributed by atoms with Crippen LogP contribution in [-0.4, -0.2) is 16.3 Å². The Bertz CT molecular complexity index is 406. The number of rotatable bonds is 2. The highest BCUT2D eigenvalue weighted by Crippen LogP contribution is 2.17. The Morgan fingerprint density at radius 2 is 2.23 bits per heavy atom. The summed E-state index contributed by atoms with van der Waals surface area (Å²) in [5.41, 5.74) is 2.04. The van der Waals surface area contributed by atoms with Gasteiger partial charge in [0.15, 0.2) is 0 Å². The Kier molecular flexibility index (Phi) is 1.94. The predicted octanol–water partition coefficient (Wildman–Crippen LogP) is 1.92. The third-order valence-electron chi connectivity index (χ3n) is 1.93. The lowest BCUT2D eigenvalue weighted by Crippen LogP contribution is -2.12. The number of H-pyrrole nitrogens is 1. The zero-order valence-corrected chi connectivity index (χ0v) is 7.41. The van der Waals surface area contributed by atoms with Gasteiger partial charge in [0.1, 0.15) is 6.23 Å². The second kappa shape index (κ2) is 3.11. The lowest BCUT2D eigenvalue weighted by atomic mass is 10.2. The van der Waals surface area contributed by atoms with E-state index in [1.54, 1.807) is 6.92 Å². The normalized spacial score (nSPS) is 13.1. The summed E-state index contributed by atoms with van der Waals surface area (Å²) < 4.78 is 0. The number of fused-ring (bicyclic) bond motifs is 1. The van der Waals surface area contributed by atoms with Gasteiger partial charge in [-0.3, -0.25) is 0 Å². The number of benzene rings is 1. The number of aliphatic hydroxyl groups excluding tert-OH is 1. The van der Waals surface area contributed by atoms with E-state index >= 15 is 0 Å². The lowest BCUT2D eigenvalue weighted by molar-refractivity contribution is 0.224. The fourth-order valence-corrected chi connectivity index (χ4v) is 1.38. The summed E-state index contributed by atoms with van der Waals surface area (Å²) in [6, 6.07) is 7.92. The molecule has 1 aromatic heterocycles. The quantitative estimate of drug-likeness (QED) is 0.612. The first-order valence-corrected chi connectivity index (χ1v) is 4.27. The zero-order valence-electron chi connectivity index (χ0n) is 7.41. The van der Waals surface area contributed by atoms with Crippen LogP contribution in [0, 0.1) is 0 Å². The van der Waals surface area contributed by atoms with Crippen molar-refractivity contribution in [3.63, 3.8) is 0 Å². The number of aromatic amines is 1. The Hall–Kier alpha value is -1.48. The van der Waals surface area contributed by atoms with Gasteiger partial charge in [0.25, 0.3) is 0 Å². The molecule has 0 fully saturated rings. The van der Waals surface area contributed by atoms with Gasteiger partial charge < -0.3 is 15.4 Å². The molecular weight excluding hydrogens is 164 g/mol. The molecule has 1 aromatic carbocycles. The molecule has 0 radical (unpaired) electrons. The van der Waals surface area contributed by atoms with E-state index in [0.717, 1.165) is 16.6 Å². The zero-order chi connectivity index (χ0) is 9.26. The minimum atomic E-state index is -0.517. The highest BCUT2D eigenvalue weighted by atomic mass is 16.3. The first kappa shape index (κ1) is 8.13. The van der Waals surface area contributed by atoms with Gasteiger partial charge in [-0.2, -0.15) is 0 Å². The summed E-state index contributed by atoms with van der Waals surface area (Å²) >= 11 is 0. The summed E-state index contributed by atoms with van der Waals surface area (Å²) in [6.45, 7) is 1.70. The number of hydrogen-bond donors (Lipinski definition) is 3. The van der Waals surface area contributed by atoms with Crippen molar-refractivity contribution in [3.8, 4) is 0 Å². The molecule has 2 rings (SSSR count). The number of anilines is 1. The molecule has 1 atom stereocenters. The van der Waals surface area contributed by atoms with Crippen molar-refractivity contribution in [2.24, 2.45) is 0 Å². The Balaban J connectivity index is 2.37. The van der Waals surface area contributed by atoms with E-state index < -0.39 is 6.23 Å². The maximum Gasteiger partial charge on any atom is 0.121 e. The van der Waals surface area contributed by atoms with Crippen LogP contribution in [0.3, 0.4) is 0 Å². The second-order valence-electron chi connectivity index (χ2n) is 3.10. The third-order valence-corrected chi connectivity index (χ3v) is 1.93. The van der Waals surface area contributed by atoms with E-state index in [1.165, 1.54) is 0 Å². The molecule has 0 saturated carbocycles. The summed E-state index contributed by atoms with van der Waals surface area (Å²) in [7, 11) is 0. The Morgan fingerprint density at radius 1 is 1.38 bits per heavy atom. The smallest absolute Gasteiger partial charge is 0.121 e. The number of hydrogen-bond acceptors (Lipinski definition) is 2. The Labute approximate surface area is 76.4 Å². The molecule has 1 heterocycles. The average molecular weight is 176 g/mol. The molecule has 13 heavy (non-hydrogen) atoms. The van der Waals surface area contributed by atoms with Crippen LogP contribution < -0.4 is 5.32 Å². The van der Waals surface area contributed by atoms with Gasteiger partial charge in [-0.15, -0.1) is 0 Å². The first-order chi connectivity index (χ1) is 6.25. The molecule has 3 heteroatoms. The minimum absolute atomic E-state index is 0.517. The van der Waals surface area contributed by atoms with Crippen molar-refractivity contribution >= 4 is 16.6 Å². The number of aromatic nitrogens is 1. The Morgan fingerprint density at radius 3 is 3.00 bits per heavy atom. The van der Waals surface area contributed by atoms with Crippen LogP contribution in [0.25, 0.3) is 10.9 Å². The number of nitrogens with one attached hydrogen (secondary N) is 2. The lowest BCUT2D eigenvalue weighted by Gasteiger charge is -2.08. The number of aliphatic hydroxyl groups is 1. The summed E-state index contributed by atoms with van der Waals surface area (Å²) in [6.07, 6.45) is 1.38. The summed E-state index contributed by atoms with van der Waals surface area (Å²) in [5, 5.41) is 13.2. The maximum atomic E-state index is 9.11. The van der Waals surface area contributed by atoms with Crippen molar-refractivity contribution in [1.82, 2.24) is 4.98 Å². The molecule has 2 aromatic rings. The van der Waals surface area contributed by atoms with E-state index in [9.17, 15) is 0 Å². The summed E-state index contributed by atoms with van der Waals surface area (Å²) in [5.74, 6) is 0. The molecule has 0 saturated heterocycles. The van der Waals surface area contributed by atoms with Crippen molar-refractivity contribution in [2.45, 2.75) is 13.2 Å². The van der Waals surface area contributed by atoms with Crippen LogP contribution in [0.2, 0.25) is 0 Å². The molecule has 0 spiro atoms. The molecule has 3 nitrogen and oxygen atoms in total. The van der Waals surface area contributed by atoms with E-state index in [1.807, 2.05) is 30.5 Å². The fraction of sp³-hybridized carbons (Fsp3) is 0.200. The molecule has 0 bridgehead atoms. The van der Waals surface area contributed by atoms with Gasteiger partial charge in [-0.1, -0.05) is 0 Å². The van der Waals surface area contributed by atoms with Crippen molar-refractivity contribution < 1.29 is 5.11 Å². The van der Waals surface area contributed by atoms with E-state index in [4.69, 9.17) is 5.11 Å². The van der Waals surface area contributed by atoms with Gasteiger partial charge in [-0.05, 0) is 31.2 Å². The molecule has 3 N–H and O–H groups in total. The van der Waals surface area contributed by atoms with Crippen LogP contribution in [0.5, 0.6) is 0 Å². The second-order valence-corrected chi connectivity index (χ2v) is 3.10. The van der Waals surface area contributed by atoms with Gasteiger partial charge in [0, 0.05) is 22.8 Å². The van der Waals surface area contributed by atoms with E-state index in [0.29, 0.717) is 0 Å². The molecule has 0 aliphatic carbocycles. The largest absolute Gasteiger partial charge is 0.374 e. The fourth-order valence-electron chi connectivity index (χ4n) is 1.38. The molecule has 0 aliphatic rings. The standard InChI is InChI=1S/C10H12N2O/c1-7(13)12-9-2-3-10-8(6-9)4-5-11-10/h2-7,11-13H,1H3. The monoisotopic (exact) mass is 176 g/mol. The predicted molar refractivity (Wildman–Crippen MR) is 53.6 cm³/mol. The van der Waals surface area contributed by atoms with Crippen LogP contribution >= 0.6 is 0 Å². The van der Waals surface area contributed by atoms with Gasteiger partial charge in [-0.25, -0.2) is 0 Å². The van der Waals surface area contributed by atoms with E-state index in [2.05, 4.69) is 10.3 Å². The maximum absolute atomic E-state index is 9.11. The SMILES string of the molecule is CC(O)Nc1ccc2[nH]ccc2c1. The third kappa shape index (κ3) is 1.65. The topological polar surface area (TPSA) is 48.0 Å². The highest BCUT2D eigenvalue weighted by molar-refractivity contribution is 5.82. The minimum Gasteiger partial charge on any atom is -0.374 e. The van der Waals surface area contributed by atoms with Crippen molar-refractivity contribution in [1.29, 1.82) is 0 Å². The van der Waals surface area contributed by atoms with Crippen LogP contribution in [0.1, 0.15) is 6.92 Å². The molecule has 0 amide bonds. The van der Waals surface area contributed by atoms with Gasteiger partial charge in [0.2, 0.25) is 0 Å². The molecule has 1 unspecified atom stereocenters.